The van der Waals surface area contributed by atoms with Gasteiger partial charge in [-0.15, -0.1) is 0 Å². The minimum Gasteiger partial charge on any atom is -0.323 e. The van der Waals surface area contributed by atoms with Crippen LogP contribution in [0.15, 0.2) is 0 Å². The first-order chi connectivity index (χ1) is 1.73. The molecule has 0 fully saturated rings. The average molecular weight is 108 g/mol. The van der Waals surface area contributed by atoms with Crippen molar-refractivity contribution in [1.29, 1.82) is 0 Å². The molecule has 0 nitrogen and oxygen atoms in total. The fourth-order valence-corrected chi connectivity index (χ4v) is 0. The van der Waals surface area contributed by atoms with Gasteiger partial charge in [-0.1, -0.05) is 0 Å². The van der Waals surface area contributed by atoms with Gasteiger partial charge >= 0.3 is 0 Å². The van der Waals surface area contributed by atoms with Crippen LogP contribution in [-0.4, -0.2) is 0 Å². The van der Waals surface area contributed by atoms with Crippen LogP contribution in [0.25, 0.3) is 0 Å². The molecule has 0 unspecified atom stereocenters. The summed E-state index contributed by atoms with van der Waals surface area (Å²) >= 11 is 0. The molecule has 0 heterocycles. The van der Waals surface area contributed by atoms with E-state index in [4.69, 9.17) is 0 Å². The summed E-state index contributed by atoms with van der Waals surface area (Å²) in [5.41, 5.74) is 0. The Morgan fingerprint density at radius 2 is 1.00 bits per heavy atom. The van der Waals surface area contributed by atoms with Gasteiger partial charge in [0.1, 0.15) is 0 Å². The summed E-state index contributed by atoms with van der Waals surface area (Å²) in [6, 6.07) is 0. The van der Waals surface area contributed by atoms with E-state index in [1.165, 1.54) is 5.92 Å². The second kappa shape index (κ2) is 4.58. The first kappa shape index (κ1) is 9.14. The molecule has 0 aliphatic heterocycles. The van der Waals surface area contributed by atoms with Crippen molar-refractivity contribution in [2.75, 3.05) is 0 Å². The quantitative estimate of drug-likeness (QED) is 0.413. The summed E-state index contributed by atoms with van der Waals surface area (Å²) in [7, 11) is 0. The van der Waals surface area contributed by atoms with E-state index in [9.17, 15) is 0 Å². The van der Waals surface area contributed by atoms with Gasteiger partial charge in [0.25, 0.3) is 0 Å². The van der Waals surface area contributed by atoms with Crippen LogP contribution in [-0.2, 0) is 18.6 Å². The molecule has 0 bridgehead atoms. The third-order valence-corrected chi connectivity index (χ3v) is 0. The van der Waals surface area contributed by atoms with Crippen LogP contribution < -0.4 is 0 Å². The van der Waals surface area contributed by atoms with E-state index >= 15 is 0 Å². The molecule has 0 aromatic carbocycles. The summed E-state index contributed by atoms with van der Waals surface area (Å²) in [5.74, 6) is 1.42. The zero-order valence-electron chi connectivity index (χ0n) is 3.95. The molecule has 0 aromatic heterocycles. The predicted molar refractivity (Wildman–Crippen MR) is 20.3 cm³/mol. The largest absolute Gasteiger partial charge is 0.323 e. The third-order valence-electron chi connectivity index (χ3n) is 0. The standard InChI is InChI=1S/C4H9.V/c1-4(2)3;/h1-3H3;/q-1;. The third kappa shape index (κ3) is 89.7. The van der Waals surface area contributed by atoms with Gasteiger partial charge in [-0.3, -0.25) is 0 Å². The van der Waals surface area contributed by atoms with Crippen LogP contribution in [0.5, 0.6) is 0 Å². The summed E-state index contributed by atoms with van der Waals surface area (Å²) < 4.78 is 0. The Kier molecular flexibility index (Phi) is 8.38. The van der Waals surface area contributed by atoms with Gasteiger partial charge in [-0.2, -0.15) is 20.8 Å². The van der Waals surface area contributed by atoms with E-state index in [2.05, 4.69) is 20.8 Å². The van der Waals surface area contributed by atoms with Crippen LogP contribution in [0, 0.1) is 5.92 Å². The van der Waals surface area contributed by atoms with E-state index in [1.807, 2.05) is 0 Å². The molecule has 0 aliphatic rings. The topological polar surface area (TPSA) is 0 Å². The van der Waals surface area contributed by atoms with Crippen molar-refractivity contribution in [2.24, 2.45) is 0 Å². The van der Waals surface area contributed by atoms with Gasteiger partial charge in [-0.05, 0) is 0 Å². The van der Waals surface area contributed by atoms with Crippen molar-refractivity contribution in [3.8, 4) is 0 Å². The Morgan fingerprint density at radius 3 is 1.00 bits per heavy atom. The molecule has 0 N–H and O–H groups in total. The van der Waals surface area contributed by atoms with Gasteiger partial charge in [0, 0.05) is 18.6 Å². The fourth-order valence-electron chi connectivity index (χ4n) is 0. The second-order valence-corrected chi connectivity index (χ2v) is 1.50. The smallest absolute Gasteiger partial charge is 0 e. The Morgan fingerprint density at radius 1 is 1.00 bits per heavy atom. The normalized spacial score (nSPS) is 7.20. The van der Waals surface area contributed by atoms with Gasteiger partial charge in [0.2, 0.25) is 0 Å². The van der Waals surface area contributed by atoms with Crippen molar-refractivity contribution in [3.63, 3.8) is 0 Å². The van der Waals surface area contributed by atoms with E-state index in [0.29, 0.717) is 0 Å². The zero-order chi connectivity index (χ0) is 3.58. The first-order valence-electron chi connectivity index (χ1n) is 1.50. The van der Waals surface area contributed by atoms with E-state index in [-0.39, 0.29) is 18.6 Å². The first-order valence-corrected chi connectivity index (χ1v) is 1.50. The number of hydrogen-bond acceptors (Lipinski definition) is 0. The van der Waals surface area contributed by atoms with Crippen LogP contribution >= 0.6 is 0 Å². The van der Waals surface area contributed by atoms with E-state index < -0.39 is 0 Å². The maximum atomic E-state index is 2.08. The molecule has 0 saturated carbocycles. The molecule has 0 rings (SSSR count). The average Bonchev–Trinajstić information content (AvgIpc) is 0.811. The van der Waals surface area contributed by atoms with E-state index in [1.54, 1.807) is 0 Å². The molecule has 5 heavy (non-hydrogen) atoms. The minimum atomic E-state index is 0. The predicted octanol–water partition coefficient (Wildman–Crippen LogP) is 1.62. The molecule has 0 spiro atoms. The fraction of sp³-hybridized carbons (Fsp3) is 0.750. The molecule has 0 atom stereocenters. The van der Waals surface area contributed by atoms with E-state index in [0.717, 1.165) is 0 Å². The van der Waals surface area contributed by atoms with Gasteiger partial charge in [0.15, 0.2) is 0 Å². The summed E-state index contributed by atoms with van der Waals surface area (Å²) in [6.45, 7) is 6.25. The molecule has 0 aromatic rings. The van der Waals surface area contributed by atoms with Crippen LogP contribution in [0.1, 0.15) is 20.8 Å². The van der Waals surface area contributed by atoms with Gasteiger partial charge < -0.3 is 5.92 Å². The van der Waals surface area contributed by atoms with Crippen molar-refractivity contribution in [2.45, 2.75) is 20.8 Å². The van der Waals surface area contributed by atoms with Crippen molar-refractivity contribution < 1.29 is 18.6 Å². The van der Waals surface area contributed by atoms with Crippen LogP contribution in [0.2, 0.25) is 0 Å². The summed E-state index contributed by atoms with van der Waals surface area (Å²) in [4.78, 5) is 0. The molecule has 31 valence electrons. The van der Waals surface area contributed by atoms with Crippen LogP contribution in [0.4, 0.5) is 0 Å². The van der Waals surface area contributed by atoms with Crippen molar-refractivity contribution in [3.05, 3.63) is 5.92 Å². The van der Waals surface area contributed by atoms with Crippen molar-refractivity contribution in [1.82, 2.24) is 0 Å². The molecule has 0 amide bonds. The summed E-state index contributed by atoms with van der Waals surface area (Å²) in [6.07, 6.45) is 0. The Labute approximate surface area is 45.8 Å². The molecular weight excluding hydrogens is 99.0 g/mol. The maximum Gasteiger partial charge on any atom is 0 e. The van der Waals surface area contributed by atoms with Crippen molar-refractivity contribution >= 4 is 0 Å². The molecular formula is C4H9V-. The molecule has 0 saturated heterocycles. The zero-order valence-corrected chi connectivity index (χ0v) is 5.34. The van der Waals surface area contributed by atoms with Crippen LogP contribution in [0.3, 0.4) is 0 Å². The second-order valence-electron chi connectivity index (χ2n) is 1.50. The number of rotatable bonds is 0. The SMILES string of the molecule is C[C-](C)C.[V]. The van der Waals surface area contributed by atoms with Gasteiger partial charge in [-0.25, -0.2) is 0 Å². The number of hydrogen-bond donors (Lipinski definition) is 0. The Balaban J connectivity index is 0. The molecule has 0 aliphatic carbocycles. The minimum absolute atomic E-state index is 0. The molecule has 1 heteroatoms. The summed E-state index contributed by atoms with van der Waals surface area (Å²) in [5, 5.41) is 0. The Bertz CT molecular complexity index is 8.36. The monoisotopic (exact) mass is 108 g/mol. The Hall–Kier alpha value is 0.584. The maximum absolute atomic E-state index is 2.08. The van der Waals surface area contributed by atoms with Gasteiger partial charge in [0.05, 0.1) is 0 Å². The molecule has 1 radical (unpaired) electrons.